The van der Waals surface area contributed by atoms with E-state index in [2.05, 4.69) is 15.3 Å². The Morgan fingerprint density at radius 2 is 2.33 bits per heavy atom. The number of nitrogens with one attached hydrogen (secondary N) is 1. The normalized spacial score (nSPS) is 11.9. The molecule has 0 aliphatic rings. The summed E-state index contributed by atoms with van der Waals surface area (Å²) in [6.07, 6.45) is 4.73. The molecular weight excluding hydrogens is 234 g/mol. The first-order chi connectivity index (χ1) is 8.61. The Balaban J connectivity index is 2.47. The number of aromatic nitrogens is 2. The van der Waals surface area contributed by atoms with E-state index in [0.717, 1.165) is 6.42 Å². The third-order valence-corrected chi connectivity index (χ3v) is 2.25. The zero-order valence-electron chi connectivity index (χ0n) is 10.7. The zero-order valence-corrected chi connectivity index (χ0v) is 10.7. The SMILES string of the molecule is CCCOc1cncc(NC(C)CCC(=O)O)n1. The van der Waals surface area contributed by atoms with Crippen molar-refractivity contribution in [3.05, 3.63) is 12.4 Å². The Labute approximate surface area is 106 Å². The topological polar surface area (TPSA) is 84.3 Å². The lowest BCUT2D eigenvalue weighted by Crippen LogP contribution is -2.17. The number of aliphatic carboxylic acids is 1. The fraction of sp³-hybridized carbons (Fsp3) is 0.583. The molecule has 0 aliphatic heterocycles. The maximum Gasteiger partial charge on any atom is 0.303 e. The van der Waals surface area contributed by atoms with Crippen LogP contribution in [0.2, 0.25) is 0 Å². The van der Waals surface area contributed by atoms with Crippen molar-refractivity contribution >= 4 is 11.8 Å². The largest absolute Gasteiger partial charge is 0.481 e. The third-order valence-electron chi connectivity index (χ3n) is 2.25. The van der Waals surface area contributed by atoms with Crippen molar-refractivity contribution in [2.45, 2.75) is 39.2 Å². The molecule has 0 saturated heterocycles. The summed E-state index contributed by atoms with van der Waals surface area (Å²) in [6, 6.07) is 0.0248. The second-order valence-electron chi connectivity index (χ2n) is 4.07. The van der Waals surface area contributed by atoms with E-state index < -0.39 is 5.97 Å². The average molecular weight is 253 g/mol. The van der Waals surface area contributed by atoms with Gasteiger partial charge in [0.1, 0.15) is 5.82 Å². The molecule has 2 N–H and O–H groups in total. The summed E-state index contributed by atoms with van der Waals surface area (Å²) >= 11 is 0. The Morgan fingerprint density at radius 1 is 1.56 bits per heavy atom. The van der Waals surface area contributed by atoms with Crippen LogP contribution in [0.3, 0.4) is 0 Å². The van der Waals surface area contributed by atoms with Crippen LogP contribution in [-0.4, -0.2) is 33.7 Å². The van der Waals surface area contributed by atoms with E-state index in [1.165, 1.54) is 0 Å². The van der Waals surface area contributed by atoms with E-state index in [9.17, 15) is 4.79 Å². The fourth-order valence-corrected chi connectivity index (χ4v) is 1.36. The molecule has 1 rings (SSSR count). The summed E-state index contributed by atoms with van der Waals surface area (Å²) in [4.78, 5) is 18.7. The molecule has 0 amide bonds. The van der Waals surface area contributed by atoms with Crippen LogP contribution in [0.1, 0.15) is 33.1 Å². The number of rotatable bonds is 8. The van der Waals surface area contributed by atoms with E-state index in [0.29, 0.717) is 24.7 Å². The van der Waals surface area contributed by atoms with Crippen molar-refractivity contribution < 1.29 is 14.6 Å². The Bertz CT molecular complexity index is 385. The minimum Gasteiger partial charge on any atom is -0.481 e. The first kappa shape index (κ1) is 14.2. The summed E-state index contributed by atoms with van der Waals surface area (Å²) in [6.45, 7) is 4.53. The third kappa shape index (κ3) is 5.47. The first-order valence-electron chi connectivity index (χ1n) is 6.05. The molecule has 0 bridgehead atoms. The average Bonchev–Trinajstić information content (AvgIpc) is 2.34. The summed E-state index contributed by atoms with van der Waals surface area (Å²) in [5, 5.41) is 11.7. The van der Waals surface area contributed by atoms with Gasteiger partial charge in [0.25, 0.3) is 0 Å². The van der Waals surface area contributed by atoms with Crippen molar-refractivity contribution in [1.82, 2.24) is 9.97 Å². The molecular formula is C12H19N3O3. The molecule has 1 unspecified atom stereocenters. The van der Waals surface area contributed by atoms with Crippen LogP contribution in [0.5, 0.6) is 5.88 Å². The summed E-state index contributed by atoms with van der Waals surface area (Å²) in [5.74, 6) is 0.281. The number of carboxylic acids is 1. The van der Waals surface area contributed by atoms with Gasteiger partial charge in [0.2, 0.25) is 5.88 Å². The van der Waals surface area contributed by atoms with Crippen LogP contribution in [0, 0.1) is 0 Å². The quantitative estimate of drug-likeness (QED) is 0.736. The van der Waals surface area contributed by atoms with E-state index in [1.807, 2.05) is 13.8 Å². The van der Waals surface area contributed by atoms with Gasteiger partial charge in [0, 0.05) is 12.5 Å². The molecule has 1 aromatic rings. The molecule has 0 radical (unpaired) electrons. The van der Waals surface area contributed by atoms with Crippen molar-refractivity contribution in [3.8, 4) is 5.88 Å². The highest BCUT2D eigenvalue weighted by Gasteiger charge is 2.07. The van der Waals surface area contributed by atoms with Gasteiger partial charge in [-0.2, -0.15) is 4.98 Å². The molecule has 1 heterocycles. The second-order valence-corrected chi connectivity index (χ2v) is 4.07. The van der Waals surface area contributed by atoms with Crippen LogP contribution in [0.4, 0.5) is 5.82 Å². The van der Waals surface area contributed by atoms with Gasteiger partial charge in [-0.15, -0.1) is 0 Å². The number of carbonyl (C=O) groups is 1. The van der Waals surface area contributed by atoms with Crippen LogP contribution in [0.15, 0.2) is 12.4 Å². The maximum absolute atomic E-state index is 10.5. The van der Waals surface area contributed by atoms with E-state index in [1.54, 1.807) is 12.4 Å². The second kappa shape index (κ2) is 7.47. The Morgan fingerprint density at radius 3 is 3.00 bits per heavy atom. The number of hydrogen-bond donors (Lipinski definition) is 2. The molecule has 0 aromatic carbocycles. The van der Waals surface area contributed by atoms with Gasteiger partial charge in [-0.1, -0.05) is 6.92 Å². The van der Waals surface area contributed by atoms with Crippen LogP contribution in [-0.2, 0) is 4.79 Å². The molecule has 0 fully saturated rings. The van der Waals surface area contributed by atoms with E-state index in [4.69, 9.17) is 9.84 Å². The van der Waals surface area contributed by atoms with E-state index >= 15 is 0 Å². The number of hydrogen-bond acceptors (Lipinski definition) is 5. The molecule has 6 nitrogen and oxygen atoms in total. The molecule has 0 aliphatic carbocycles. The standard InChI is InChI=1S/C12H19N3O3/c1-3-6-18-11-8-13-7-10(15-11)14-9(2)4-5-12(16)17/h7-9H,3-6H2,1-2H3,(H,14,15)(H,16,17). The minimum atomic E-state index is -0.797. The Hall–Kier alpha value is -1.85. The minimum absolute atomic E-state index is 0.0248. The molecule has 0 saturated carbocycles. The van der Waals surface area contributed by atoms with Crippen molar-refractivity contribution in [1.29, 1.82) is 0 Å². The fourth-order valence-electron chi connectivity index (χ4n) is 1.36. The lowest BCUT2D eigenvalue weighted by molar-refractivity contribution is -0.137. The highest BCUT2D eigenvalue weighted by Crippen LogP contribution is 2.11. The predicted octanol–water partition coefficient (Wildman–Crippen LogP) is 1.93. The highest BCUT2D eigenvalue weighted by molar-refractivity contribution is 5.66. The maximum atomic E-state index is 10.5. The van der Waals surface area contributed by atoms with Gasteiger partial charge in [-0.3, -0.25) is 9.78 Å². The monoisotopic (exact) mass is 253 g/mol. The van der Waals surface area contributed by atoms with Crippen LogP contribution in [0.25, 0.3) is 0 Å². The van der Waals surface area contributed by atoms with Gasteiger partial charge in [0.15, 0.2) is 0 Å². The molecule has 100 valence electrons. The van der Waals surface area contributed by atoms with Crippen molar-refractivity contribution in [2.24, 2.45) is 0 Å². The molecule has 6 heteroatoms. The lowest BCUT2D eigenvalue weighted by atomic mass is 10.2. The molecule has 1 atom stereocenters. The number of anilines is 1. The zero-order chi connectivity index (χ0) is 13.4. The van der Waals surface area contributed by atoms with Crippen molar-refractivity contribution in [2.75, 3.05) is 11.9 Å². The van der Waals surface area contributed by atoms with Crippen LogP contribution >= 0.6 is 0 Å². The lowest BCUT2D eigenvalue weighted by Gasteiger charge is -2.13. The van der Waals surface area contributed by atoms with E-state index in [-0.39, 0.29) is 12.5 Å². The van der Waals surface area contributed by atoms with Crippen LogP contribution < -0.4 is 10.1 Å². The molecule has 0 spiro atoms. The summed E-state index contributed by atoms with van der Waals surface area (Å²) in [5.41, 5.74) is 0. The van der Waals surface area contributed by atoms with Gasteiger partial charge >= 0.3 is 5.97 Å². The van der Waals surface area contributed by atoms with Gasteiger partial charge in [-0.25, -0.2) is 0 Å². The summed E-state index contributed by atoms with van der Waals surface area (Å²) < 4.78 is 5.37. The first-order valence-corrected chi connectivity index (χ1v) is 6.05. The predicted molar refractivity (Wildman–Crippen MR) is 67.8 cm³/mol. The number of carboxylic acid groups (broad SMARTS) is 1. The summed E-state index contributed by atoms with van der Waals surface area (Å²) in [7, 11) is 0. The molecule has 1 aromatic heterocycles. The highest BCUT2D eigenvalue weighted by atomic mass is 16.5. The van der Waals surface area contributed by atoms with Gasteiger partial charge < -0.3 is 15.2 Å². The smallest absolute Gasteiger partial charge is 0.303 e. The van der Waals surface area contributed by atoms with Crippen molar-refractivity contribution in [3.63, 3.8) is 0 Å². The molecule has 18 heavy (non-hydrogen) atoms. The Kier molecular flexibility index (Phi) is 5.90. The van der Waals surface area contributed by atoms with Gasteiger partial charge in [-0.05, 0) is 19.8 Å². The number of nitrogens with zero attached hydrogens (tertiary/aromatic N) is 2. The van der Waals surface area contributed by atoms with Gasteiger partial charge in [0.05, 0.1) is 19.0 Å². The number of ether oxygens (including phenoxy) is 1.